The van der Waals surface area contributed by atoms with Crippen molar-refractivity contribution in [2.24, 2.45) is 0 Å². The van der Waals surface area contributed by atoms with Crippen LogP contribution in [0.3, 0.4) is 0 Å². The SMILES string of the molecule is COC(=O)CCC(=O)Nc1ccc(Cl)cc1. The average Bonchev–Trinajstić information content (AvgIpc) is 2.29. The molecule has 1 N–H and O–H groups in total. The number of anilines is 1. The lowest BCUT2D eigenvalue weighted by Gasteiger charge is -2.04. The number of rotatable bonds is 4. The van der Waals surface area contributed by atoms with Crippen molar-refractivity contribution in [3.63, 3.8) is 0 Å². The molecule has 16 heavy (non-hydrogen) atoms. The number of carbonyl (C=O) groups is 2. The average molecular weight is 242 g/mol. The van der Waals surface area contributed by atoms with Crippen LogP contribution in [0.25, 0.3) is 0 Å². The smallest absolute Gasteiger partial charge is 0.306 e. The lowest BCUT2D eigenvalue weighted by molar-refractivity contribution is -0.141. The maximum atomic E-state index is 11.4. The molecule has 0 aliphatic carbocycles. The zero-order valence-corrected chi connectivity index (χ0v) is 9.58. The monoisotopic (exact) mass is 241 g/mol. The van der Waals surface area contributed by atoms with Gasteiger partial charge in [0.1, 0.15) is 0 Å². The second-order valence-electron chi connectivity index (χ2n) is 3.13. The molecule has 86 valence electrons. The Kier molecular flexibility index (Phi) is 4.79. The molecule has 1 aromatic rings. The predicted molar refractivity (Wildman–Crippen MR) is 61.3 cm³/mol. The molecule has 1 rings (SSSR count). The Balaban J connectivity index is 2.40. The number of methoxy groups -OCH3 is 1. The number of nitrogens with one attached hydrogen (secondary N) is 1. The van der Waals surface area contributed by atoms with Crippen molar-refractivity contribution in [1.82, 2.24) is 0 Å². The maximum Gasteiger partial charge on any atom is 0.306 e. The topological polar surface area (TPSA) is 55.4 Å². The number of esters is 1. The molecule has 0 fully saturated rings. The Bertz CT molecular complexity index is 375. The lowest BCUT2D eigenvalue weighted by Crippen LogP contribution is -2.13. The zero-order chi connectivity index (χ0) is 12.0. The second kappa shape index (κ2) is 6.12. The summed E-state index contributed by atoms with van der Waals surface area (Å²) in [6, 6.07) is 6.74. The summed E-state index contributed by atoms with van der Waals surface area (Å²) in [4.78, 5) is 22.2. The first kappa shape index (κ1) is 12.5. The van der Waals surface area contributed by atoms with Crippen molar-refractivity contribution in [1.29, 1.82) is 0 Å². The van der Waals surface area contributed by atoms with Gasteiger partial charge in [-0.1, -0.05) is 11.6 Å². The minimum Gasteiger partial charge on any atom is -0.469 e. The molecule has 0 saturated carbocycles. The van der Waals surface area contributed by atoms with Crippen LogP contribution in [-0.4, -0.2) is 19.0 Å². The Labute approximate surface area is 98.5 Å². The fraction of sp³-hybridized carbons (Fsp3) is 0.273. The number of benzene rings is 1. The van der Waals surface area contributed by atoms with Crippen molar-refractivity contribution in [3.05, 3.63) is 29.3 Å². The van der Waals surface area contributed by atoms with Crippen molar-refractivity contribution in [2.45, 2.75) is 12.8 Å². The van der Waals surface area contributed by atoms with E-state index in [9.17, 15) is 9.59 Å². The molecule has 5 heteroatoms. The van der Waals surface area contributed by atoms with Crippen molar-refractivity contribution in [2.75, 3.05) is 12.4 Å². The number of ether oxygens (including phenoxy) is 1. The number of carbonyl (C=O) groups excluding carboxylic acids is 2. The summed E-state index contributed by atoms with van der Waals surface area (Å²) < 4.78 is 4.43. The first-order valence-electron chi connectivity index (χ1n) is 4.74. The summed E-state index contributed by atoms with van der Waals surface area (Å²) in [5, 5.41) is 3.25. The van der Waals surface area contributed by atoms with E-state index in [0.29, 0.717) is 10.7 Å². The maximum absolute atomic E-state index is 11.4. The van der Waals surface area contributed by atoms with Gasteiger partial charge in [0.05, 0.1) is 13.5 Å². The standard InChI is InChI=1S/C11H12ClNO3/c1-16-11(15)7-6-10(14)13-9-4-2-8(12)3-5-9/h2-5H,6-7H2,1H3,(H,13,14). The largest absolute Gasteiger partial charge is 0.469 e. The quantitative estimate of drug-likeness (QED) is 0.823. The minimum atomic E-state index is -0.397. The third-order valence-corrected chi connectivity index (χ3v) is 2.16. The summed E-state index contributed by atoms with van der Waals surface area (Å²) >= 11 is 5.70. The van der Waals surface area contributed by atoms with Gasteiger partial charge in [0.25, 0.3) is 0 Å². The number of hydrogen-bond acceptors (Lipinski definition) is 3. The van der Waals surface area contributed by atoms with E-state index < -0.39 is 5.97 Å². The van der Waals surface area contributed by atoms with Crippen LogP contribution in [-0.2, 0) is 14.3 Å². The van der Waals surface area contributed by atoms with Gasteiger partial charge < -0.3 is 10.1 Å². The minimum absolute atomic E-state index is 0.0793. The molecular formula is C11H12ClNO3. The normalized spacial score (nSPS) is 9.62. The molecule has 0 aromatic heterocycles. The van der Waals surface area contributed by atoms with Crippen LogP contribution >= 0.6 is 11.6 Å². The molecule has 0 bridgehead atoms. The van der Waals surface area contributed by atoms with Crippen LogP contribution in [0.2, 0.25) is 5.02 Å². The van der Waals surface area contributed by atoms with Gasteiger partial charge in [0.2, 0.25) is 5.91 Å². The molecule has 1 aromatic carbocycles. The fourth-order valence-corrected chi connectivity index (χ4v) is 1.20. The lowest BCUT2D eigenvalue weighted by atomic mass is 10.2. The van der Waals surface area contributed by atoms with Gasteiger partial charge in [-0.3, -0.25) is 9.59 Å². The highest BCUT2D eigenvalue weighted by atomic mass is 35.5. The van der Waals surface area contributed by atoms with Gasteiger partial charge in [0.15, 0.2) is 0 Å². The molecule has 1 amide bonds. The van der Waals surface area contributed by atoms with E-state index in [-0.39, 0.29) is 18.7 Å². The molecule has 0 unspecified atom stereocenters. The number of halogens is 1. The first-order valence-corrected chi connectivity index (χ1v) is 5.12. The molecule has 4 nitrogen and oxygen atoms in total. The van der Waals surface area contributed by atoms with Crippen LogP contribution in [0, 0.1) is 0 Å². The van der Waals surface area contributed by atoms with Gasteiger partial charge in [-0.2, -0.15) is 0 Å². The molecule has 0 heterocycles. The van der Waals surface area contributed by atoms with Gasteiger partial charge in [-0.15, -0.1) is 0 Å². The van der Waals surface area contributed by atoms with Crippen molar-refractivity contribution < 1.29 is 14.3 Å². The summed E-state index contributed by atoms with van der Waals surface area (Å²) in [5.41, 5.74) is 0.652. The zero-order valence-electron chi connectivity index (χ0n) is 8.83. The van der Waals surface area contributed by atoms with Crippen LogP contribution in [0.5, 0.6) is 0 Å². The third kappa shape index (κ3) is 4.31. The third-order valence-electron chi connectivity index (χ3n) is 1.91. The van der Waals surface area contributed by atoms with E-state index in [4.69, 9.17) is 11.6 Å². The number of amides is 1. The van der Waals surface area contributed by atoms with Gasteiger partial charge >= 0.3 is 5.97 Å². The summed E-state index contributed by atoms with van der Waals surface area (Å²) in [6.45, 7) is 0. The second-order valence-corrected chi connectivity index (χ2v) is 3.57. The van der Waals surface area contributed by atoms with Gasteiger partial charge in [-0.25, -0.2) is 0 Å². The predicted octanol–water partition coefficient (Wildman–Crippen LogP) is 2.23. The van der Waals surface area contributed by atoms with Crippen LogP contribution in [0.1, 0.15) is 12.8 Å². The van der Waals surface area contributed by atoms with Gasteiger partial charge in [0, 0.05) is 17.1 Å². The van der Waals surface area contributed by atoms with Gasteiger partial charge in [-0.05, 0) is 24.3 Å². The summed E-state index contributed by atoms with van der Waals surface area (Å²) in [5.74, 6) is -0.626. The number of hydrogen-bond donors (Lipinski definition) is 1. The van der Waals surface area contributed by atoms with Crippen molar-refractivity contribution >= 4 is 29.2 Å². The summed E-state index contributed by atoms with van der Waals surface area (Å²) in [7, 11) is 1.29. The molecule has 0 radical (unpaired) electrons. The van der Waals surface area contributed by atoms with Crippen molar-refractivity contribution in [3.8, 4) is 0 Å². The van der Waals surface area contributed by atoms with Crippen LogP contribution in [0.15, 0.2) is 24.3 Å². The molecule has 0 aliphatic rings. The highest BCUT2D eigenvalue weighted by Gasteiger charge is 2.06. The van der Waals surface area contributed by atoms with E-state index in [2.05, 4.69) is 10.1 Å². The van der Waals surface area contributed by atoms with E-state index >= 15 is 0 Å². The highest BCUT2D eigenvalue weighted by Crippen LogP contribution is 2.13. The molecule has 0 atom stereocenters. The molecule has 0 saturated heterocycles. The van der Waals surface area contributed by atoms with Crippen LogP contribution < -0.4 is 5.32 Å². The van der Waals surface area contributed by atoms with E-state index in [1.54, 1.807) is 24.3 Å². The molecular weight excluding hydrogens is 230 g/mol. The Morgan fingerprint density at radius 2 is 1.88 bits per heavy atom. The Morgan fingerprint density at radius 1 is 1.25 bits per heavy atom. The fourth-order valence-electron chi connectivity index (χ4n) is 1.07. The van der Waals surface area contributed by atoms with E-state index in [1.807, 2.05) is 0 Å². The Morgan fingerprint density at radius 3 is 2.44 bits per heavy atom. The summed E-state index contributed by atoms with van der Waals surface area (Å²) in [6.07, 6.45) is 0.186. The van der Waals surface area contributed by atoms with E-state index in [0.717, 1.165) is 0 Å². The first-order chi connectivity index (χ1) is 7.61. The molecule has 0 aliphatic heterocycles. The molecule has 0 spiro atoms. The highest BCUT2D eigenvalue weighted by molar-refractivity contribution is 6.30. The van der Waals surface area contributed by atoms with Crippen LogP contribution in [0.4, 0.5) is 5.69 Å². The Hall–Kier alpha value is -1.55. The van der Waals surface area contributed by atoms with E-state index in [1.165, 1.54) is 7.11 Å².